The number of rotatable bonds is 4. The van der Waals surface area contributed by atoms with Gasteiger partial charge >= 0.3 is 0 Å². The average molecular weight is 403 g/mol. The van der Waals surface area contributed by atoms with Crippen molar-refractivity contribution in [3.63, 3.8) is 0 Å². The molecule has 1 fully saturated rings. The number of carbonyl (C=O) groups excluding carboxylic acids is 2. The Morgan fingerprint density at radius 2 is 2.00 bits per heavy atom. The Kier molecular flexibility index (Phi) is 6.73. The van der Waals surface area contributed by atoms with Gasteiger partial charge in [0.2, 0.25) is 11.8 Å². The maximum atomic E-state index is 12.9. The van der Waals surface area contributed by atoms with E-state index in [1.54, 1.807) is 30.3 Å². The smallest absolute Gasteiger partial charge is 0.242 e. The second-order valence-corrected chi connectivity index (χ2v) is 9.22. The number of hydrogen-bond acceptors (Lipinski definition) is 5. The third kappa shape index (κ3) is 4.39. The lowest BCUT2D eigenvalue weighted by atomic mass is 9.95. The number of carbonyl (C=O) groups is 2. The van der Waals surface area contributed by atoms with Crippen LogP contribution in [0.5, 0.6) is 0 Å². The second-order valence-electron chi connectivity index (χ2n) is 8.11. The van der Waals surface area contributed by atoms with Crippen molar-refractivity contribution >= 4 is 28.2 Å². The van der Waals surface area contributed by atoms with E-state index in [0.717, 1.165) is 50.6 Å². The van der Waals surface area contributed by atoms with E-state index < -0.39 is 0 Å². The highest BCUT2D eigenvalue weighted by Gasteiger charge is 2.32. The highest BCUT2D eigenvalue weighted by Crippen LogP contribution is 2.37. The van der Waals surface area contributed by atoms with E-state index in [9.17, 15) is 14.9 Å². The SMILES string of the molecule is CC(C(=O)Nc1sc2c(c1C#N)CCCCC2)N1CCCC(C(=O)N(C)C)C1. The first-order chi connectivity index (χ1) is 13.4. The number of aryl methyl sites for hydroxylation is 1. The van der Waals surface area contributed by atoms with Crippen molar-refractivity contribution in [2.45, 2.75) is 57.9 Å². The molecule has 7 heteroatoms. The molecule has 2 unspecified atom stereocenters. The van der Waals surface area contributed by atoms with Gasteiger partial charge in [0.1, 0.15) is 11.1 Å². The topological polar surface area (TPSA) is 76.4 Å². The molecular formula is C21H30N4O2S. The first-order valence-corrected chi connectivity index (χ1v) is 11.0. The normalized spacial score (nSPS) is 21.1. The Bertz CT molecular complexity index is 780. The maximum absolute atomic E-state index is 12.9. The zero-order valence-electron chi connectivity index (χ0n) is 17.1. The van der Waals surface area contributed by atoms with Gasteiger partial charge in [-0.2, -0.15) is 5.26 Å². The van der Waals surface area contributed by atoms with Crippen LogP contribution < -0.4 is 5.32 Å². The molecule has 1 aliphatic carbocycles. The number of piperidine rings is 1. The van der Waals surface area contributed by atoms with Crippen molar-refractivity contribution in [1.29, 1.82) is 5.26 Å². The highest BCUT2D eigenvalue weighted by molar-refractivity contribution is 7.16. The summed E-state index contributed by atoms with van der Waals surface area (Å²) in [5.74, 6) is -0.0107. The van der Waals surface area contributed by atoms with Crippen LogP contribution in [0.3, 0.4) is 0 Å². The molecule has 0 bridgehead atoms. The van der Waals surface area contributed by atoms with Gasteiger partial charge in [0.25, 0.3) is 0 Å². The van der Waals surface area contributed by atoms with Gasteiger partial charge < -0.3 is 10.2 Å². The van der Waals surface area contributed by atoms with Crippen LogP contribution in [-0.2, 0) is 22.4 Å². The molecule has 2 aliphatic rings. The summed E-state index contributed by atoms with van der Waals surface area (Å²) < 4.78 is 0. The molecule has 1 aliphatic heterocycles. The molecule has 1 aromatic rings. The quantitative estimate of drug-likeness (QED) is 0.786. The number of fused-ring (bicyclic) bond motifs is 1. The van der Waals surface area contributed by atoms with E-state index in [-0.39, 0.29) is 23.8 Å². The van der Waals surface area contributed by atoms with E-state index in [2.05, 4.69) is 16.3 Å². The Balaban J connectivity index is 1.69. The van der Waals surface area contributed by atoms with E-state index in [1.165, 1.54) is 11.3 Å². The first-order valence-electron chi connectivity index (χ1n) is 10.2. The number of hydrogen-bond donors (Lipinski definition) is 1. The van der Waals surface area contributed by atoms with Gasteiger partial charge in [-0.3, -0.25) is 14.5 Å². The summed E-state index contributed by atoms with van der Waals surface area (Å²) in [6.45, 7) is 3.32. The Labute approximate surface area is 171 Å². The molecule has 0 spiro atoms. The lowest BCUT2D eigenvalue weighted by molar-refractivity contribution is -0.136. The Morgan fingerprint density at radius 1 is 1.25 bits per heavy atom. The molecule has 28 heavy (non-hydrogen) atoms. The molecular weight excluding hydrogens is 372 g/mol. The summed E-state index contributed by atoms with van der Waals surface area (Å²) in [4.78, 5) is 30.2. The number of likely N-dealkylation sites (tertiary alicyclic amines) is 1. The fourth-order valence-electron chi connectivity index (χ4n) is 4.26. The molecule has 2 atom stereocenters. The van der Waals surface area contributed by atoms with E-state index in [0.29, 0.717) is 17.1 Å². The molecule has 152 valence electrons. The largest absolute Gasteiger partial charge is 0.349 e. The average Bonchev–Trinajstić information content (AvgIpc) is 2.85. The fourth-order valence-corrected chi connectivity index (χ4v) is 5.50. The first kappa shape index (κ1) is 20.8. The third-order valence-corrected chi connectivity index (χ3v) is 7.15. The Morgan fingerprint density at radius 3 is 2.71 bits per heavy atom. The van der Waals surface area contributed by atoms with E-state index in [1.807, 2.05) is 6.92 Å². The van der Waals surface area contributed by atoms with Gasteiger partial charge in [-0.1, -0.05) is 6.42 Å². The standard InChI is InChI=1S/C21H30N4O2S/c1-14(25-11-7-8-15(13-25)21(27)24(2)3)19(26)23-20-17(12-22)16-9-5-4-6-10-18(16)28-20/h14-15H,4-11,13H2,1-3H3,(H,23,26). The summed E-state index contributed by atoms with van der Waals surface area (Å²) in [5.41, 5.74) is 1.80. The number of thiophene rings is 1. The molecule has 0 saturated carbocycles. The minimum atomic E-state index is -0.328. The van der Waals surface area contributed by atoms with Crippen molar-refractivity contribution in [2.24, 2.45) is 5.92 Å². The van der Waals surface area contributed by atoms with Crippen LogP contribution in [0.4, 0.5) is 5.00 Å². The summed E-state index contributed by atoms with van der Waals surface area (Å²) in [7, 11) is 3.56. The Hall–Kier alpha value is -1.91. The molecule has 1 aromatic heterocycles. The van der Waals surface area contributed by atoms with Gasteiger partial charge in [-0.15, -0.1) is 11.3 Å². The summed E-state index contributed by atoms with van der Waals surface area (Å²) >= 11 is 1.57. The monoisotopic (exact) mass is 402 g/mol. The van der Waals surface area contributed by atoms with Crippen LogP contribution >= 0.6 is 11.3 Å². The predicted molar refractivity (Wildman–Crippen MR) is 111 cm³/mol. The molecule has 0 radical (unpaired) electrons. The van der Waals surface area contributed by atoms with Crippen LogP contribution in [0.1, 0.15) is 55.0 Å². The van der Waals surface area contributed by atoms with Crippen LogP contribution in [0.25, 0.3) is 0 Å². The van der Waals surface area contributed by atoms with E-state index >= 15 is 0 Å². The van der Waals surface area contributed by atoms with E-state index in [4.69, 9.17) is 0 Å². The minimum absolute atomic E-state index is 0.0496. The zero-order chi connectivity index (χ0) is 20.3. The number of nitrogens with one attached hydrogen (secondary N) is 1. The molecule has 1 N–H and O–H groups in total. The van der Waals surface area contributed by atoms with Crippen molar-refractivity contribution in [3.8, 4) is 6.07 Å². The van der Waals surface area contributed by atoms with Crippen molar-refractivity contribution in [3.05, 3.63) is 16.0 Å². The number of nitrogens with zero attached hydrogens (tertiary/aromatic N) is 3. The number of amides is 2. The van der Waals surface area contributed by atoms with Crippen LogP contribution in [-0.4, -0.2) is 54.8 Å². The van der Waals surface area contributed by atoms with Crippen LogP contribution in [0, 0.1) is 17.2 Å². The number of nitriles is 1. The molecule has 0 aromatic carbocycles. The number of anilines is 1. The molecule has 2 heterocycles. The van der Waals surface area contributed by atoms with Gasteiger partial charge in [0.05, 0.1) is 17.5 Å². The minimum Gasteiger partial charge on any atom is -0.349 e. The van der Waals surface area contributed by atoms with Crippen molar-refractivity contribution in [2.75, 3.05) is 32.5 Å². The zero-order valence-corrected chi connectivity index (χ0v) is 17.9. The molecule has 3 rings (SSSR count). The lowest BCUT2D eigenvalue weighted by Gasteiger charge is -2.36. The van der Waals surface area contributed by atoms with Gasteiger partial charge in [0, 0.05) is 25.5 Å². The van der Waals surface area contributed by atoms with Gasteiger partial charge in [-0.25, -0.2) is 0 Å². The van der Waals surface area contributed by atoms with Gasteiger partial charge in [0.15, 0.2) is 0 Å². The highest BCUT2D eigenvalue weighted by atomic mass is 32.1. The van der Waals surface area contributed by atoms with Crippen molar-refractivity contribution < 1.29 is 9.59 Å². The molecule has 1 saturated heterocycles. The summed E-state index contributed by atoms with van der Waals surface area (Å²) in [5, 5.41) is 13.4. The van der Waals surface area contributed by atoms with Crippen LogP contribution in [0.2, 0.25) is 0 Å². The maximum Gasteiger partial charge on any atom is 0.242 e. The lowest BCUT2D eigenvalue weighted by Crippen LogP contribution is -2.49. The van der Waals surface area contributed by atoms with Gasteiger partial charge in [-0.05, 0) is 57.6 Å². The third-order valence-electron chi connectivity index (χ3n) is 5.94. The van der Waals surface area contributed by atoms with Crippen molar-refractivity contribution in [1.82, 2.24) is 9.80 Å². The summed E-state index contributed by atoms with van der Waals surface area (Å²) in [6.07, 6.45) is 7.18. The summed E-state index contributed by atoms with van der Waals surface area (Å²) in [6, 6.07) is 1.99. The second kappa shape index (κ2) is 9.06. The molecule has 2 amide bonds. The fraction of sp³-hybridized carbons (Fsp3) is 0.667. The predicted octanol–water partition coefficient (Wildman–Crippen LogP) is 3.02. The molecule has 6 nitrogen and oxygen atoms in total. The van der Waals surface area contributed by atoms with Crippen LogP contribution in [0.15, 0.2) is 0 Å².